The molecule has 0 aliphatic heterocycles. The van der Waals surface area contributed by atoms with Gasteiger partial charge in [0.2, 0.25) is 5.91 Å². The molecule has 3 aromatic rings. The normalized spacial score (nSPS) is 10.9. The smallest absolute Gasteiger partial charge is 0.254 e. The van der Waals surface area contributed by atoms with E-state index in [1.807, 2.05) is 32.0 Å². The molecule has 2 aromatic heterocycles. The van der Waals surface area contributed by atoms with Crippen molar-refractivity contribution in [2.45, 2.75) is 13.8 Å². The van der Waals surface area contributed by atoms with E-state index in [1.165, 1.54) is 4.90 Å². The monoisotopic (exact) mass is 429 g/mol. The van der Waals surface area contributed by atoms with Crippen molar-refractivity contribution >= 4 is 44.5 Å². The number of hydrogen-bond donors (Lipinski definition) is 1. The molecular weight excluding hydrogens is 410 g/mol. The summed E-state index contributed by atoms with van der Waals surface area (Å²) in [5, 5.41) is 7.88. The maximum absolute atomic E-state index is 13.0. The van der Waals surface area contributed by atoms with Crippen LogP contribution in [0.3, 0.4) is 0 Å². The number of amides is 2. The van der Waals surface area contributed by atoms with E-state index in [-0.39, 0.29) is 18.4 Å². The van der Waals surface area contributed by atoms with Gasteiger partial charge in [-0.05, 0) is 48.0 Å². The number of fused-ring (bicyclic) bond motifs is 1. The van der Waals surface area contributed by atoms with Crippen LogP contribution in [-0.4, -0.2) is 45.1 Å². The Morgan fingerprint density at radius 3 is 2.67 bits per heavy atom. The Morgan fingerprint density at radius 2 is 1.96 bits per heavy atom. The molecule has 0 bridgehead atoms. The zero-order chi connectivity index (χ0) is 19.7. The molecule has 8 heteroatoms. The number of hydrogen-bond acceptors (Lipinski definition) is 4. The van der Waals surface area contributed by atoms with Gasteiger partial charge in [0.15, 0.2) is 5.65 Å². The molecule has 7 nitrogen and oxygen atoms in total. The molecular formula is C19H20BrN5O2. The SMILES string of the molecule is Cc1cc(C(=O)N(C)CC(=O)Nc2ccccc2Br)c2c(C)nn(C)c2n1. The summed E-state index contributed by atoms with van der Waals surface area (Å²) < 4.78 is 2.44. The van der Waals surface area contributed by atoms with Gasteiger partial charge in [-0.1, -0.05) is 12.1 Å². The molecule has 0 radical (unpaired) electrons. The lowest BCUT2D eigenvalue weighted by atomic mass is 10.1. The number of nitrogens with zero attached hydrogens (tertiary/aromatic N) is 4. The van der Waals surface area contributed by atoms with Crippen LogP contribution in [0.4, 0.5) is 5.69 Å². The van der Waals surface area contributed by atoms with E-state index < -0.39 is 0 Å². The highest BCUT2D eigenvalue weighted by Crippen LogP contribution is 2.23. The topological polar surface area (TPSA) is 80.1 Å². The second-order valence-corrected chi connectivity index (χ2v) is 7.26. The van der Waals surface area contributed by atoms with Gasteiger partial charge < -0.3 is 10.2 Å². The fourth-order valence-electron chi connectivity index (χ4n) is 2.98. The molecule has 1 aromatic carbocycles. The maximum Gasteiger partial charge on any atom is 0.254 e. The number of benzene rings is 1. The van der Waals surface area contributed by atoms with Gasteiger partial charge in [-0.25, -0.2) is 4.98 Å². The van der Waals surface area contributed by atoms with E-state index in [2.05, 4.69) is 31.3 Å². The van der Waals surface area contributed by atoms with Crippen LogP contribution in [0.2, 0.25) is 0 Å². The van der Waals surface area contributed by atoms with Crippen LogP contribution in [0, 0.1) is 13.8 Å². The second kappa shape index (κ2) is 7.48. The van der Waals surface area contributed by atoms with Gasteiger partial charge in [-0.15, -0.1) is 0 Å². The van der Waals surface area contributed by atoms with Crippen molar-refractivity contribution in [3.63, 3.8) is 0 Å². The minimum Gasteiger partial charge on any atom is -0.332 e. The summed E-state index contributed by atoms with van der Waals surface area (Å²) in [7, 11) is 3.40. The number of pyridine rings is 1. The average molecular weight is 430 g/mol. The third-order valence-corrected chi connectivity index (χ3v) is 4.89. The number of likely N-dealkylation sites (N-methyl/N-ethyl adjacent to an activating group) is 1. The zero-order valence-electron chi connectivity index (χ0n) is 15.6. The first-order valence-corrected chi connectivity index (χ1v) is 9.18. The highest BCUT2D eigenvalue weighted by atomic mass is 79.9. The molecule has 140 valence electrons. The number of anilines is 1. The van der Waals surface area contributed by atoms with Crippen molar-refractivity contribution in [1.29, 1.82) is 0 Å². The summed E-state index contributed by atoms with van der Waals surface area (Å²) in [5.41, 5.74) is 3.27. The second-order valence-electron chi connectivity index (χ2n) is 6.41. The quantitative estimate of drug-likeness (QED) is 0.690. The Balaban J connectivity index is 1.83. The molecule has 0 saturated carbocycles. The van der Waals surface area contributed by atoms with Crippen molar-refractivity contribution in [2.24, 2.45) is 7.05 Å². The largest absolute Gasteiger partial charge is 0.332 e. The molecule has 0 saturated heterocycles. The zero-order valence-corrected chi connectivity index (χ0v) is 17.2. The lowest BCUT2D eigenvalue weighted by molar-refractivity contribution is -0.116. The van der Waals surface area contributed by atoms with Gasteiger partial charge in [-0.2, -0.15) is 5.10 Å². The first kappa shape index (κ1) is 19.0. The average Bonchev–Trinajstić information content (AvgIpc) is 2.89. The summed E-state index contributed by atoms with van der Waals surface area (Å²) >= 11 is 3.39. The fraction of sp³-hybridized carbons (Fsp3) is 0.263. The lowest BCUT2D eigenvalue weighted by Gasteiger charge is -2.18. The van der Waals surface area contributed by atoms with E-state index >= 15 is 0 Å². The summed E-state index contributed by atoms with van der Waals surface area (Å²) in [6.45, 7) is 3.61. The summed E-state index contributed by atoms with van der Waals surface area (Å²) in [6.07, 6.45) is 0. The number of rotatable bonds is 4. The highest BCUT2D eigenvalue weighted by Gasteiger charge is 2.22. The van der Waals surface area contributed by atoms with Gasteiger partial charge in [0.1, 0.15) is 0 Å². The molecule has 2 heterocycles. The molecule has 0 spiro atoms. The van der Waals surface area contributed by atoms with E-state index in [0.29, 0.717) is 22.3 Å². The van der Waals surface area contributed by atoms with Crippen LogP contribution in [-0.2, 0) is 11.8 Å². The molecule has 0 unspecified atom stereocenters. The van der Waals surface area contributed by atoms with Gasteiger partial charge in [0.25, 0.3) is 5.91 Å². The number of carbonyl (C=O) groups excluding carboxylic acids is 2. The number of aromatic nitrogens is 3. The number of carbonyl (C=O) groups is 2. The summed E-state index contributed by atoms with van der Waals surface area (Å²) in [5.74, 6) is -0.522. The van der Waals surface area contributed by atoms with E-state index in [1.54, 1.807) is 30.9 Å². The van der Waals surface area contributed by atoms with E-state index in [0.717, 1.165) is 15.9 Å². The molecule has 0 atom stereocenters. The molecule has 0 aliphatic rings. The molecule has 27 heavy (non-hydrogen) atoms. The third kappa shape index (κ3) is 3.85. The molecule has 0 fully saturated rings. The van der Waals surface area contributed by atoms with Gasteiger partial charge in [-0.3, -0.25) is 14.3 Å². The minimum absolute atomic E-state index is 0.0671. The van der Waals surface area contributed by atoms with Gasteiger partial charge in [0, 0.05) is 24.3 Å². The van der Waals surface area contributed by atoms with Crippen LogP contribution >= 0.6 is 15.9 Å². The molecule has 0 aliphatic carbocycles. The first-order chi connectivity index (χ1) is 12.8. The molecule has 1 N–H and O–H groups in total. The number of halogens is 1. The Morgan fingerprint density at radius 1 is 1.26 bits per heavy atom. The van der Waals surface area contributed by atoms with Crippen molar-refractivity contribution in [3.05, 3.63) is 51.8 Å². The van der Waals surface area contributed by atoms with Crippen molar-refractivity contribution in [1.82, 2.24) is 19.7 Å². The Kier molecular flexibility index (Phi) is 5.27. The van der Waals surface area contributed by atoms with Crippen LogP contribution in [0.5, 0.6) is 0 Å². The molecule has 3 rings (SSSR count). The Labute approximate surface area is 165 Å². The van der Waals surface area contributed by atoms with Crippen molar-refractivity contribution in [3.8, 4) is 0 Å². The fourth-order valence-corrected chi connectivity index (χ4v) is 3.37. The van der Waals surface area contributed by atoms with Crippen molar-refractivity contribution < 1.29 is 9.59 Å². The summed E-state index contributed by atoms with van der Waals surface area (Å²) in [4.78, 5) is 31.2. The van der Waals surface area contributed by atoms with Crippen molar-refractivity contribution in [2.75, 3.05) is 18.9 Å². The van der Waals surface area contributed by atoms with Crippen LogP contribution < -0.4 is 5.32 Å². The standard InChI is InChI=1S/C19H20BrN5O2/c1-11-9-13(17-12(2)23-25(4)18(17)21-11)19(27)24(3)10-16(26)22-15-8-6-5-7-14(15)20/h5-9H,10H2,1-4H3,(H,22,26). The minimum atomic E-state index is -0.275. The summed E-state index contributed by atoms with van der Waals surface area (Å²) in [6, 6.07) is 9.06. The van der Waals surface area contributed by atoms with Crippen LogP contribution in [0.15, 0.2) is 34.8 Å². The Bertz CT molecular complexity index is 1040. The Hall–Kier alpha value is -2.74. The highest BCUT2D eigenvalue weighted by molar-refractivity contribution is 9.10. The third-order valence-electron chi connectivity index (χ3n) is 4.20. The predicted octanol–water partition coefficient (Wildman–Crippen LogP) is 3.06. The molecule has 2 amide bonds. The van der Waals surface area contributed by atoms with E-state index in [9.17, 15) is 9.59 Å². The first-order valence-electron chi connectivity index (χ1n) is 8.38. The van der Waals surface area contributed by atoms with Gasteiger partial charge >= 0.3 is 0 Å². The number of para-hydroxylation sites is 1. The number of aryl methyl sites for hydroxylation is 3. The predicted molar refractivity (Wildman–Crippen MR) is 108 cm³/mol. The maximum atomic E-state index is 13.0. The number of nitrogens with one attached hydrogen (secondary N) is 1. The van der Waals surface area contributed by atoms with Gasteiger partial charge in [0.05, 0.1) is 28.9 Å². The van der Waals surface area contributed by atoms with Crippen LogP contribution in [0.1, 0.15) is 21.7 Å². The van der Waals surface area contributed by atoms with E-state index in [4.69, 9.17) is 0 Å². The van der Waals surface area contributed by atoms with Crippen LogP contribution in [0.25, 0.3) is 11.0 Å². The lowest BCUT2D eigenvalue weighted by Crippen LogP contribution is -2.35.